The first-order valence-electron chi connectivity index (χ1n) is 9.18. The van der Waals surface area contributed by atoms with Crippen molar-refractivity contribution in [2.24, 2.45) is 0 Å². The van der Waals surface area contributed by atoms with E-state index in [0.717, 1.165) is 12.0 Å². The number of carbonyl (C=O) groups is 2. The van der Waals surface area contributed by atoms with E-state index in [1.54, 1.807) is 37.3 Å². The number of carbonyl (C=O) groups excluding carboxylic acids is 2. The van der Waals surface area contributed by atoms with E-state index >= 15 is 0 Å². The Kier molecular flexibility index (Phi) is 6.52. The van der Waals surface area contributed by atoms with Gasteiger partial charge in [0, 0.05) is 18.3 Å². The molecule has 0 aliphatic carbocycles. The van der Waals surface area contributed by atoms with E-state index in [1.807, 2.05) is 30.3 Å². The van der Waals surface area contributed by atoms with Gasteiger partial charge in [-0.15, -0.1) is 0 Å². The Hall–Kier alpha value is -3.74. The summed E-state index contributed by atoms with van der Waals surface area (Å²) in [6, 6.07) is 18.4. The van der Waals surface area contributed by atoms with Gasteiger partial charge in [-0.25, -0.2) is 14.8 Å². The molecular formula is C22H22N4O3. The molecule has 3 rings (SSSR count). The highest BCUT2D eigenvalue weighted by molar-refractivity contribution is 5.93. The molecular weight excluding hydrogens is 368 g/mol. The van der Waals surface area contributed by atoms with Crippen molar-refractivity contribution in [1.29, 1.82) is 0 Å². The number of nitrogens with one attached hydrogen (secondary N) is 2. The molecule has 0 saturated heterocycles. The van der Waals surface area contributed by atoms with Crippen LogP contribution in [0.3, 0.4) is 0 Å². The van der Waals surface area contributed by atoms with Gasteiger partial charge in [0.25, 0.3) is 5.91 Å². The topological polar surface area (TPSA) is 93.2 Å². The van der Waals surface area contributed by atoms with E-state index in [2.05, 4.69) is 20.6 Å². The molecule has 0 saturated carbocycles. The molecule has 1 heterocycles. The normalized spacial score (nSPS) is 10.3. The maximum Gasteiger partial charge on any atom is 0.337 e. The fraction of sp³-hybridized carbons (Fsp3) is 0.182. The van der Waals surface area contributed by atoms with Crippen molar-refractivity contribution in [3.63, 3.8) is 0 Å². The van der Waals surface area contributed by atoms with Gasteiger partial charge in [-0.3, -0.25) is 4.79 Å². The Morgan fingerprint density at radius 1 is 1.00 bits per heavy atom. The van der Waals surface area contributed by atoms with E-state index in [4.69, 9.17) is 4.74 Å². The van der Waals surface area contributed by atoms with Gasteiger partial charge < -0.3 is 15.4 Å². The largest absolute Gasteiger partial charge is 0.465 e. The first-order valence-corrected chi connectivity index (χ1v) is 9.18. The number of hydrogen-bond acceptors (Lipinski definition) is 6. The van der Waals surface area contributed by atoms with Crippen LogP contribution < -0.4 is 10.6 Å². The molecule has 0 spiro atoms. The monoisotopic (exact) mass is 390 g/mol. The van der Waals surface area contributed by atoms with E-state index in [-0.39, 0.29) is 11.6 Å². The third kappa shape index (κ3) is 5.62. The average Bonchev–Trinajstić information content (AvgIpc) is 2.73. The molecule has 0 atom stereocenters. The molecule has 1 aromatic heterocycles. The number of rotatable bonds is 7. The molecule has 29 heavy (non-hydrogen) atoms. The molecule has 2 aromatic carbocycles. The number of aryl methyl sites for hydroxylation is 1. The summed E-state index contributed by atoms with van der Waals surface area (Å²) in [4.78, 5) is 32.7. The smallest absolute Gasteiger partial charge is 0.337 e. The van der Waals surface area contributed by atoms with Crippen LogP contribution in [0.1, 0.15) is 32.2 Å². The first-order chi connectivity index (χ1) is 14.0. The summed E-state index contributed by atoms with van der Waals surface area (Å²) in [7, 11) is 1.33. The standard InChI is InChI=1S/C22H22N4O3/c1-15-24-19(21(27)23-12-11-16-7-4-3-5-8-16)14-20(25-15)26-18-10-6-9-17(13-18)22(28)29-2/h3-10,13-14H,11-12H2,1-2H3,(H,23,27)(H,24,25,26). The quantitative estimate of drug-likeness (QED) is 0.602. The van der Waals surface area contributed by atoms with Crippen molar-refractivity contribution in [3.05, 3.63) is 83.3 Å². The molecule has 0 unspecified atom stereocenters. The van der Waals surface area contributed by atoms with Crippen molar-refractivity contribution in [2.45, 2.75) is 13.3 Å². The maximum atomic E-state index is 12.5. The lowest BCUT2D eigenvalue weighted by Crippen LogP contribution is -2.27. The number of ether oxygens (including phenoxy) is 1. The van der Waals surface area contributed by atoms with E-state index in [9.17, 15) is 9.59 Å². The minimum absolute atomic E-state index is 0.266. The maximum absolute atomic E-state index is 12.5. The summed E-state index contributed by atoms with van der Waals surface area (Å²) in [5.41, 5.74) is 2.50. The molecule has 3 aromatic rings. The zero-order valence-electron chi connectivity index (χ0n) is 16.3. The highest BCUT2D eigenvalue weighted by atomic mass is 16.5. The number of aromatic nitrogens is 2. The lowest BCUT2D eigenvalue weighted by atomic mass is 10.1. The fourth-order valence-corrected chi connectivity index (χ4v) is 2.79. The lowest BCUT2D eigenvalue weighted by molar-refractivity contribution is 0.0600. The number of anilines is 2. The van der Waals surface area contributed by atoms with Crippen LogP contribution in [-0.2, 0) is 11.2 Å². The highest BCUT2D eigenvalue weighted by Gasteiger charge is 2.11. The Balaban J connectivity index is 1.67. The Morgan fingerprint density at radius 3 is 2.55 bits per heavy atom. The van der Waals surface area contributed by atoms with Crippen LogP contribution in [0.25, 0.3) is 0 Å². The molecule has 7 nitrogen and oxygen atoms in total. The van der Waals surface area contributed by atoms with Gasteiger partial charge in [0.2, 0.25) is 0 Å². The summed E-state index contributed by atoms with van der Waals surface area (Å²) >= 11 is 0. The number of benzene rings is 2. The van der Waals surface area contributed by atoms with Gasteiger partial charge in [0.05, 0.1) is 12.7 Å². The predicted molar refractivity (Wildman–Crippen MR) is 110 cm³/mol. The highest BCUT2D eigenvalue weighted by Crippen LogP contribution is 2.17. The number of hydrogen-bond donors (Lipinski definition) is 2. The van der Waals surface area contributed by atoms with Crippen LogP contribution in [0.15, 0.2) is 60.7 Å². The molecule has 148 valence electrons. The van der Waals surface area contributed by atoms with Crippen molar-refractivity contribution in [3.8, 4) is 0 Å². The fourth-order valence-electron chi connectivity index (χ4n) is 2.79. The first kappa shape index (κ1) is 20.0. The number of esters is 1. The zero-order valence-corrected chi connectivity index (χ0v) is 16.3. The molecule has 2 N–H and O–H groups in total. The van der Waals surface area contributed by atoms with Crippen molar-refractivity contribution in [2.75, 3.05) is 19.0 Å². The summed E-state index contributed by atoms with van der Waals surface area (Å²) in [6.45, 7) is 2.23. The summed E-state index contributed by atoms with van der Waals surface area (Å²) < 4.78 is 4.74. The van der Waals surface area contributed by atoms with Crippen molar-refractivity contribution < 1.29 is 14.3 Å². The molecule has 7 heteroatoms. The van der Waals surface area contributed by atoms with Gasteiger partial charge in [0.1, 0.15) is 17.3 Å². The molecule has 1 amide bonds. The third-order valence-corrected chi connectivity index (χ3v) is 4.17. The second-order valence-electron chi connectivity index (χ2n) is 6.37. The average molecular weight is 390 g/mol. The van der Waals surface area contributed by atoms with E-state index in [0.29, 0.717) is 29.4 Å². The van der Waals surface area contributed by atoms with Gasteiger partial charge in [-0.05, 0) is 37.1 Å². The van der Waals surface area contributed by atoms with Crippen LogP contribution >= 0.6 is 0 Å². The third-order valence-electron chi connectivity index (χ3n) is 4.17. The molecule has 0 aliphatic heterocycles. The van der Waals surface area contributed by atoms with Gasteiger partial charge in [-0.1, -0.05) is 36.4 Å². The Bertz CT molecular complexity index is 1010. The minimum Gasteiger partial charge on any atom is -0.465 e. The SMILES string of the molecule is COC(=O)c1cccc(Nc2cc(C(=O)NCCc3ccccc3)nc(C)n2)c1. The molecule has 0 radical (unpaired) electrons. The van der Waals surface area contributed by atoms with Gasteiger partial charge in [-0.2, -0.15) is 0 Å². The number of methoxy groups -OCH3 is 1. The second-order valence-corrected chi connectivity index (χ2v) is 6.37. The van der Waals surface area contributed by atoms with E-state index in [1.165, 1.54) is 7.11 Å². The number of nitrogens with zero attached hydrogens (tertiary/aromatic N) is 2. The van der Waals surface area contributed by atoms with Crippen LogP contribution in [0.4, 0.5) is 11.5 Å². The van der Waals surface area contributed by atoms with Crippen LogP contribution in [0.5, 0.6) is 0 Å². The van der Waals surface area contributed by atoms with Gasteiger partial charge >= 0.3 is 5.97 Å². The summed E-state index contributed by atoms with van der Waals surface area (Å²) in [6.07, 6.45) is 0.738. The lowest BCUT2D eigenvalue weighted by Gasteiger charge is -2.10. The van der Waals surface area contributed by atoms with Crippen LogP contribution in [-0.4, -0.2) is 35.5 Å². The Labute approximate surface area is 169 Å². The molecule has 0 bridgehead atoms. The molecule has 0 aliphatic rings. The van der Waals surface area contributed by atoms with Gasteiger partial charge in [0.15, 0.2) is 0 Å². The minimum atomic E-state index is -0.425. The second kappa shape index (κ2) is 9.45. The van der Waals surface area contributed by atoms with Crippen molar-refractivity contribution >= 4 is 23.4 Å². The summed E-state index contributed by atoms with van der Waals surface area (Å²) in [5.74, 6) is 0.240. The van der Waals surface area contributed by atoms with E-state index < -0.39 is 5.97 Å². The van der Waals surface area contributed by atoms with Crippen molar-refractivity contribution in [1.82, 2.24) is 15.3 Å². The summed E-state index contributed by atoms with van der Waals surface area (Å²) in [5, 5.41) is 5.98. The zero-order chi connectivity index (χ0) is 20.6. The molecule has 0 fully saturated rings. The number of amides is 1. The van der Waals surface area contributed by atoms with Crippen LogP contribution in [0.2, 0.25) is 0 Å². The Morgan fingerprint density at radius 2 is 1.79 bits per heavy atom. The predicted octanol–water partition coefficient (Wildman–Crippen LogP) is 3.29. The van der Waals surface area contributed by atoms with Crippen LogP contribution in [0, 0.1) is 6.92 Å².